The minimum Gasteiger partial charge on any atom is -0.482 e. The quantitative estimate of drug-likeness (QED) is 0.225. The third kappa shape index (κ3) is 6.55. The van der Waals surface area contributed by atoms with Crippen LogP contribution in [0.3, 0.4) is 0 Å². The monoisotopic (exact) mass is 554 g/mol. The van der Waals surface area contributed by atoms with Crippen molar-refractivity contribution < 1.29 is 19.1 Å². The second-order valence-electron chi connectivity index (χ2n) is 8.18. The summed E-state index contributed by atoms with van der Waals surface area (Å²) in [6.07, 6.45) is 1.79. The number of carbonyl (C=O) groups is 2. The summed E-state index contributed by atoms with van der Waals surface area (Å²) in [6.45, 7) is 5.69. The molecule has 3 aromatic rings. The van der Waals surface area contributed by atoms with Crippen LogP contribution in [-0.4, -0.2) is 30.3 Å². The Bertz CT molecular complexity index is 1400. The van der Waals surface area contributed by atoms with Crippen LogP contribution < -0.4 is 9.64 Å². The van der Waals surface area contributed by atoms with Gasteiger partial charge in [-0.3, -0.25) is 9.69 Å². The van der Waals surface area contributed by atoms with E-state index in [9.17, 15) is 9.59 Å². The van der Waals surface area contributed by atoms with Gasteiger partial charge < -0.3 is 9.47 Å². The molecular formula is C28H24Cl2N2O4S. The van der Waals surface area contributed by atoms with Gasteiger partial charge in [0.2, 0.25) is 0 Å². The van der Waals surface area contributed by atoms with Gasteiger partial charge in [0.1, 0.15) is 5.75 Å². The number of thioether (sulfide) groups is 1. The fourth-order valence-electron chi connectivity index (χ4n) is 3.42. The van der Waals surface area contributed by atoms with E-state index in [-0.39, 0.29) is 12.5 Å². The van der Waals surface area contributed by atoms with Crippen molar-refractivity contribution in [2.75, 3.05) is 18.1 Å². The van der Waals surface area contributed by atoms with Gasteiger partial charge in [-0.05, 0) is 91.7 Å². The van der Waals surface area contributed by atoms with Crippen LogP contribution in [0.1, 0.15) is 23.6 Å². The number of halogens is 2. The number of anilines is 1. The molecule has 0 spiro atoms. The van der Waals surface area contributed by atoms with Gasteiger partial charge in [-0.15, -0.1) is 0 Å². The van der Waals surface area contributed by atoms with Crippen molar-refractivity contribution in [3.8, 4) is 5.75 Å². The third-order valence-electron chi connectivity index (χ3n) is 5.44. The average Bonchev–Trinajstić information content (AvgIpc) is 3.17. The minimum absolute atomic E-state index is 0.167. The van der Waals surface area contributed by atoms with Gasteiger partial charge in [0.25, 0.3) is 5.91 Å². The minimum atomic E-state index is -0.431. The lowest BCUT2D eigenvalue weighted by molar-refractivity contribution is -0.145. The zero-order valence-electron chi connectivity index (χ0n) is 20.5. The molecule has 1 aliphatic heterocycles. The fourth-order valence-corrected chi connectivity index (χ4v) is 4.77. The van der Waals surface area contributed by atoms with Crippen LogP contribution in [-0.2, 0) is 14.3 Å². The zero-order valence-corrected chi connectivity index (χ0v) is 22.8. The predicted molar refractivity (Wildman–Crippen MR) is 151 cm³/mol. The van der Waals surface area contributed by atoms with Gasteiger partial charge >= 0.3 is 5.97 Å². The molecule has 9 heteroatoms. The zero-order chi connectivity index (χ0) is 26.5. The Balaban J connectivity index is 1.64. The van der Waals surface area contributed by atoms with Gasteiger partial charge in [-0.25, -0.2) is 9.79 Å². The van der Waals surface area contributed by atoms with Crippen molar-refractivity contribution in [3.05, 3.63) is 92.3 Å². The van der Waals surface area contributed by atoms with Crippen LogP contribution in [0.2, 0.25) is 10.0 Å². The number of benzene rings is 3. The van der Waals surface area contributed by atoms with E-state index in [1.54, 1.807) is 42.2 Å². The number of aryl methyl sites for hydroxylation is 2. The highest BCUT2D eigenvalue weighted by atomic mass is 35.5. The normalized spacial score (nSPS) is 15.5. The van der Waals surface area contributed by atoms with E-state index < -0.39 is 5.97 Å². The fraction of sp³-hybridized carbons (Fsp3) is 0.179. The van der Waals surface area contributed by atoms with Crippen LogP contribution in [0.25, 0.3) is 6.08 Å². The second kappa shape index (κ2) is 11.9. The molecule has 0 atom stereocenters. The molecule has 1 heterocycles. The Labute approximate surface area is 229 Å². The number of esters is 1. The maximum atomic E-state index is 13.5. The van der Waals surface area contributed by atoms with Crippen molar-refractivity contribution in [2.45, 2.75) is 20.8 Å². The van der Waals surface area contributed by atoms with Crippen LogP contribution >= 0.6 is 35.0 Å². The molecule has 4 rings (SSSR count). The molecular weight excluding hydrogens is 531 g/mol. The number of ether oxygens (including phenoxy) is 2. The van der Waals surface area contributed by atoms with E-state index >= 15 is 0 Å². The maximum absolute atomic E-state index is 13.5. The van der Waals surface area contributed by atoms with Crippen LogP contribution in [0, 0.1) is 13.8 Å². The van der Waals surface area contributed by atoms with E-state index in [1.807, 2.05) is 50.2 Å². The number of carbonyl (C=O) groups excluding carboxylic acids is 2. The molecule has 1 aliphatic rings. The van der Waals surface area contributed by atoms with Crippen molar-refractivity contribution in [1.82, 2.24) is 0 Å². The Morgan fingerprint density at radius 3 is 2.32 bits per heavy atom. The highest BCUT2D eigenvalue weighted by Gasteiger charge is 2.35. The van der Waals surface area contributed by atoms with Crippen LogP contribution in [0.15, 0.2) is 70.6 Å². The summed E-state index contributed by atoms with van der Waals surface area (Å²) in [5, 5.41) is 1.65. The summed E-state index contributed by atoms with van der Waals surface area (Å²) in [5.74, 6) is -0.126. The van der Waals surface area contributed by atoms with E-state index in [4.69, 9.17) is 37.7 Å². The molecule has 0 aromatic heterocycles. The topological polar surface area (TPSA) is 68.2 Å². The van der Waals surface area contributed by atoms with Gasteiger partial charge in [0.15, 0.2) is 11.8 Å². The molecule has 6 nitrogen and oxygen atoms in total. The molecule has 190 valence electrons. The average molecular weight is 555 g/mol. The number of hydrogen-bond donors (Lipinski definition) is 0. The molecule has 37 heavy (non-hydrogen) atoms. The molecule has 0 saturated carbocycles. The number of rotatable bonds is 7. The van der Waals surface area contributed by atoms with Gasteiger partial charge in [0, 0.05) is 10.0 Å². The lowest BCUT2D eigenvalue weighted by Gasteiger charge is -2.16. The van der Waals surface area contributed by atoms with E-state index in [1.165, 1.54) is 11.8 Å². The first-order valence-corrected chi connectivity index (χ1v) is 13.1. The van der Waals surface area contributed by atoms with Crippen molar-refractivity contribution >= 4 is 69.5 Å². The molecule has 0 N–H and O–H groups in total. The van der Waals surface area contributed by atoms with E-state index in [0.717, 1.165) is 16.7 Å². The first kappa shape index (κ1) is 26.8. The van der Waals surface area contributed by atoms with Crippen molar-refractivity contribution in [1.29, 1.82) is 0 Å². The highest BCUT2D eigenvalue weighted by molar-refractivity contribution is 8.19. The standard InChI is InChI=1S/C28H24Cl2N2O4S/c1-4-35-26(33)16-36-22-11-7-19(8-12-22)13-25-27(34)32(21-10-6-18(3)24(30)15-21)28(37-25)31-20-9-5-17(2)23(29)14-20/h5-15H,4,16H2,1-3H3/b25-13-,31-28?. The molecule has 1 saturated heterocycles. The van der Waals surface area contributed by atoms with Crippen LogP contribution in [0.5, 0.6) is 5.75 Å². The summed E-state index contributed by atoms with van der Waals surface area (Å²) in [5.41, 5.74) is 3.91. The van der Waals surface area contributed by atoms with Crippen molar-refractivity contribution in [2.24, 2.45) is 4.99 Å². The Morgan fingerprint density at radius 1 is 1.00 bits per heavy atom. The predicted octanol–water partition coefficient (Wildman–Crippen LogP) is 7.36. The van der Waals surface area contributed by atoms with Gasteiger partial charge in [0.05, 0.1) is 22.9 Å². The summed E-state index contributed by atoms with van der Waals surface area (Å²) in [4.78, 5) is 31.8. The second-order valence-corrected chi connectivity index (χ2v) is 10.00. The van der Waals surface area contributed by atoms with Crippen molar-refractivity contribution in [3.63, 3.8) is 0 Å². The number of amidine groups is 1. The highest BCUT2D eigenvalue weighted by Crippen LogP contribution is 2.39. The summed E-state index contributed by atoms with van der Waals surface area (Å²) in [7, 11) is 0. The summed E-state index contributed by atoms with van der Waals surface area (Å²) in [6, 6.07) is 18.1. The molecule has 1 fully saturated rings. The maximum Gasteiger partial charge on any atom is 0.344 e. The lowest BCUT2D eigenvalue weighted by Crippen LogP contribution is -2.28. The molecule has 0 radical (unpaired) electrons. The largest absolute Gasteiger partial charge is 0.482 e. The Morgan fingerprint density at radius 2 is 1.68 bits per heavy atom. The van der Waals surface area contributed by atoms with Gasteiger partial charge in [-0.1, -0.05) is 47.5 Å². The number of aliphatic imine (C=N–C) groups is 1. The van der Waals surface area contributed by atoms with E-state index in [0.29, 0.717) is 43.8 Å². The first-order valence-electron chi connectivity index (χ1n) is 11.5. The third-order valence-corrected chi connectivity index (χ3v) is 7.22. The molecule has 0 aliphatic carbocycles. The summed E-state index contributed by atoms with van der Waals surface area (Å²) >= 11 is 13.9. The first-order chi connectivity index (χ1) is 17.7. The number of nitrogens with zero attached hydrogens (tertiary/aromatic N) is 2. The Hall–Kier alpha value is -3.26. The Kier molecular flexibility index (Phi) is 8.59. The number of hydrogen-bond acceptors (Lipinski definition) is 6. The van der Waals surface area contributed by atoms with E-state index in [2.05, 4.69) is 0 Å². The number of amides is 1. The van der Waals surface area contributed by atoms with Gasteiger partial charge in [-0.2, -0.15) is 0 Å². The molecule has 3 aromatic carbocycles. The van der Waals surface area contributed by atoms with Crippen LogP contribution in [0.4, 0.5) is 11.4 Å². The molecule has 1 amide bonds. The SMILES string of the molecule is CCOC(=O)COc1ccc(/C=C2\SC(=Nc3ccc(C)c(Cl)c3)N(c3ccc(C)c(Cl)c3)C2=O)cc1. The smallest absolute Gasteiger partial charge is 0.344 e. The summed E-state index contributed by atoms with van der Waals surface area (Å²) < 4.78 is 10.3. The molecule has 0 bridgehead atoms. The molecule has 0 unspecified atom stereocenters. The lowest BCUT2D eigenvalue weighted by atomic mass is 10.2.